The molecule has 0 saturated carbocycles. The number of hydrogen-bond acceptors (Lipinski definition) is 5. The molecule has 0 fully saturated rings. The Morgan fingerprint density at radius 2 is 1.80 bits per heavy atom. The largest absolute Gasteiger partial charge is 0.497 e. The van der Waals surface area contributed by atoms with Gasteiger partial charge in [0, 0.05) is 16.9 Å². The summed E-state index contributed by atoms with van der Waals surface area (Å²) < 4.78 is 16.3. The first-order valence-electron chi connectivity index (χ1n) is 9.51. The second-order valence-corrected chi connectivity index (χ2v) is 7.00. The zero-order valence-corrected chi connectivity index (χ0v) is 18.2. The van der Waals surface area contributed by atoms with E-state index in [1.54, 1.807) is 38.5 Å². The number of allylic oxidation sites excluding steroid dienone is 1. The number of anilines is 1. The lowest BCUT2D eigenvalue weighted by molar-refractivity contribution is -0.113. The second-order valence-electron chi connectivity index (χ2n) is 6.59. The molecule has 0 bridgehead atoms. The van der Waals surface area contributed by atoms with Gasteiger partial charge in [-0.15, -0.1) is 0 Å². The van der Waals surface area contributed by atoms with Crippen LogP contribution in [0.3, 0.4) is 0 Å². The number of ether oxygens (including phenoxy) is 3. The molecule has 0 spiro atoms. The lowest BCUT2D eigenvalue weighted by Gasteiger charge is -2.31. The Kier molecular flexibility index (Phi) is 6.79. The summed E-state index contributed by atoms with van der Waals surface area (Å²) in [4.78, 5) is 13.2. The third-order valence-electron chi connectivity index (χ3n) is 4.68. The molecule has 1 aliphatic rings. The molecule has 1 aliphatic heterocycles. The van der Waals surface area contributed by atoms with Crippen LogP contribution in [0.1, 0.15) is 25.5 Å². The van der Waals surface area contributed by atoms with Gasteiger partial charge in [-0.05, 0) is 68.5 Å². The van der Waals surface area contributed by atoms with Crippen molar-refractivity contribution in [1.82, 2.24) is 10.6 Å². The highest BCUT2D eigenvalue weighted by atomic mass is 32.1. The fourth-order valence-electron chi connectivity index (χ4n) is 3.29. The number of benzene rings is 2. The monoisotopic (exact) mass is 427 g/mol. The van der Waals surface area contributed by atoms with Gasteiger partial charge in [0.2, 0.25) is 0 Å². The highest BCUT2D eigenvalue weighted by molar-refractivity contribution is 7.80. The predicted octanol–water partition coefficient (Wildman–Crippen LogP) is 3.53. The van der Waals surface area contributed by atoms with Crippen LogP contribution in [-0.4, -0.2) is 31.8 Å². The zero-order valence-electron chi connectivity index (χ0n) is 17.4. The molecule has 0 aromatic heterocycles. The molecular weight excluding hydrogens is 402 g/mol. The molecule has 3 rings (SSSR count). The van der Waals surface area contributed by atoms with Crippen molar-refractivity contribution in [3.63, 3.8) is 0 Å². The first-order valence-corrected chi connectivity index (χ1v) is 9.92. The van der Waals surface area contributed by atoms with Gasteiger partial charge in [0.25, 0.3) is 5.91 Å². The number of amides is 1. The van der Waals surface area contributed by atoms with Gasteiger partial charge < -0.3 is 30.2 Å². The maximum atomic E-state index is 13.2. The fourth-order valence-corrected chi connectivity index (χ4v) is 3.56. The van der Waals surface area contributed by atoms with Crippen LogP contribution >= 0.6 is 12.2 Å². The highest BCUT2D eigenvalue weighted by Gasteiger charge is 2.32. The summed E-state index contributed by atoms with van der Waals surface area (Å²) in [6, 6.07) is 12.2. The first-order chi connectivity index (χ1) is 14.5. The van der Waals surface area contributed by atoms with E-state index in [1.165, 1.54) is 0 Å². The number of thiocarbonyl (C=S) groups is 1. The predicted molar refractivity (Wildman–Crippen MR) is 120 cm³/mol. The molecule has 2 aromatic rings. The topological polar surface area (TPSA) is 80.9 Å². The normalized spacial score (nSPS) is 15.7. The van der Waals surface area contributed by atoms with Crippen LogP contribution in [0.25, 0.3) is 0 Å². The molecule has 1 heterocycles. The minimum Gasteiger partial charge on any atom is -0.497 e. The smallest absolute Gasteiger partial charge is 0.255 e. The van der Waals surface area contributed by atoms with E-state index in [0.717, 1.165) is 11.3 Å². The molecule has 1 amide bonds. The summed E-state index contributed by atoms with van der Waals surface area (Å²) in [6.07, 6.45) is 0. The molecular formula is C22H25N3O4S. The number of nitrogens with one attached hydrogen (secondary N) is 3. The van der Waals surface area contributed by atoms with Crippen LogP contribution in [-0.2, 0) is 4.79 Å². The second kappa shape index (κ2) is 9.49. The summed E-state index contributed by atoms with van der Waals surface area (Å²) in [5, 5.41) is 9.59. The fraction of sp³-hybridized carbons (Fsp3) is 0.273. The van der Waals surface area contributed by atoms with E-state index in [-0.39, 0.29) is 5.91 Å². The SMILES string of the molecule is CCOc1ccc(NC(=O)C2=C(C)NC(=S)N[C@@H]2c2cc(OC)ccc2OC)cc1. The average molecular weight is 428 g/mol. The standard InChI is InChI=1S/C22H25N3O4S/c1-5-29-15-8-6-14(7-9-15)24-21(26)19-13(2)23-22(30)25-20(19)17-12-16(27-3)10-11-18(17)28-4/h6-12,20H,5H2,1-4H3,(H,24,26)(H2,23,25,30)/t20-/m1/s1. The Balaban J connectivity index is 1.95. The lowest BCUT2D eigenvalue weighted by Crippen LogP contribution is -2.45. The minimum atomic E-state index is -0.508. The summed E-state index contributed by atoms with van der Waals surface area (Å²) in [7, 11) is 3.17. The van der Waals surface area contributed by atoms with Gasteiger partial charge in [-0.1, -0.05) is 0 Å². The molecule has 8 heteroatoms. The van der Waals surface area contributed by atoms with Gasteiger partial charge in [0.15, 0.2) is 5.11 Å². The number of hydrogen-bond donors (Lipinski definition) is 3. The minimum absolute atomic E-state index is 0.256. The highest BCUT2D eigenvalue weighted by Crippen LogP contribution is 2.36. The van der Waals surface area contributed by atoms with Crippen LogP contribution in [0, 0.1) is 0 Å². The van der Waals surface area contributed by atoms with E-state index in [0.29, 0.717) is 40.2 Å². The quantitative estimate of drug-likeness (QED) is 0.583. The molecule has 0 unspecified atom stereocenters. The molecule has 7 nitrogen and oxygen atoms in total. The average Bonchev–Trinajstić information content (AvgIpc) is 2.74. The van der Waals surface area contributed by atoms with Crippen LogP contribution in [0.5, 0.6) is 17.2 Å². The van der Waals surface area contributed by atoms with Crippen molar-refractivity contribution in [3.05, 3.63) is 59.3 Å². The number of rotatable bonds is 7. The van der Waals surface area contributed by atoms with Crippen molar-refractivity contribution in [3.8, 4) is 17.2 Å². The molecule has 158 valence electrons. The zero-order chi connectivity index (χ0) is 21.7. The van der Waals surface area contributed by atoms with Crippen LogP contribution in [0.15, 0.2) is 53.7 Å². The van der Waals surface area contributed by atoms with Crippen molar-refractivity contribution < 1.29 is 19.0 Å². The number of carbonyl (C=O) groups excluding carboxylic acids is 1. The van der Waals surface area contributed by atoms with E-state index in [1.807, 2.05) is 32.0 Å². The summed E-state index contributed by atoms with van der Waals surface area (Å²) >= 11 is 5.33. The van der Waals surface area contributed by atoms with Crippen molar-refractivity contribution in [2.45, 2.75) is 19.9 Å². The summed E-state index contributed by atoms with van der Waals surface area (Å²) in [5.74, 6) is 1.77. The Bertz CT molecular complexity index is 973. The van der Waals surface area contributed by atoms with E-state index >= 15 is 0 Å². The number of carbonyl (C=O) groups is 1. The van der Waals surface area contributed by atoms with Crippen molar-refractivity contribution in [2.75, 3.05) is 26.1 Å². The maximum Gasteiger partial charge on any atom is 0.255 e. The Morgan fingerprint density at radius 3 is 2.43 bits per heavy atom. The van der Waals surface area contributed by atoms with Gasteiger partial charge >= 0.3 is 0 Å². The number of methoxy groups -OCH3 is 2. The van der Waals surface area contributed by atoms with E-state index < -0.39 is 6.04 Å². The van der Waals surface area contributed by atoms with Crippen LogP contribution in [0.2, 0.25) is 0 Å². The molecule has 1 atom stereocenters. The van der Waals surface area contributed by atoms with E-state index in [2.05, 4.69) is 16.0 Å². The van der Waals surface area contributed by atoms with Gasteiger partial charge in [-0.2, -0.15) is 0 Å². The van der Waals surface area contributed by atoms with E-state index in [4.69, 9.17) is 26.4 Å². The molecule has 2 aromatic carbocycles. The molecule has 30 heavy (non-hydrogen) atoms. The van der Waals surface area contributed by atoms with Gasteiger partial charge in [-0.3, -0.25) is 4.79 Å². The maximum absolute atomic E-state index is 13.2. The lowest BCUT2D eigenvalue weighted by atomic mass is 9.94. The molecule has 0 radical (unpaired) electrons. The van der Waals surface area contributed by atoms with Gasteiger partial charge in [0.1, 0.15) is 17.2 Å². The van der Waals surface area contributed by atoms with Gasteiger partial charge in [0.05, 0.1) is 32.4 Å². The van der Waals surface area contributed by atoms with Crippen LogP contribution in [0.4, 0.5) is 5.69 Å². The summed E-state index contributed by atoms with van der Waals surface area (Å²) in [6.45, 7) is 4.32. The molecule has 0 aliphatic carbocycles. The first kappa shape index (κ1) is 21.4. The molecule has 3 N–H and O–H groups in total. The third-order valence-corrected chi connectivity index (χ3v) is 4.90. The van der Waals surface area contributed by atoms with Gasteiger partial charge in [-0.25, -0.2) is 0 Å². The van der Waals surface area contributed by atoms with E-state index in [9.17, 15) is 4.79 Å². The Labute approximate surface area is 181 Å². The molecule has 0 saturated heterocycles. The summed E-state index contributed by atoms with van der Waals surface area (Å²) in [5.41, 5.74) is 2.58. The van der Waals surface area contributed by atoms with Crippen molar-refractivity contribution >= 4 is 28.9 Å². The van der Waals surface area contributed by atoms with Crippen molar-refractivity contribution in [2.24, 2.45) is 0 Å². The van der Waals surface area contributed by atoms with Crippen molar-refractivity contribution in [1.29, 1.82) is 0 Å². The third kappa shape index (κ3) is 4.65. The Hall–Kier alpha value is -3.26. The Morgan fingerprint density at radius 1 is 1.10 bits per heavy atom. The van der Waals surface area contributed by atoms with Crippen LogP contribution < -0.4 is 30.2 Å².